The van der Waals surface area contributed by atoms with Crippen LogP contribution in [0.4, 0.5) is 0 Å². The van der Waals surface area contributed by atoms with Crippen molar-refractivity contribution in [1.29, 1.82) is 0 Å². The van der Waals surface area contributed by atoms with Gasteiger partial charge in [-0.25, -0.2) is 0 Å². The lowest BCUT2D eigenvalue weighted by molar-refractivity contribution is -0.0974. The Kier molecular flexibility index (Phi) is 4.90. The zero-order valence-corrected chi connectivity index (χ0v) is 9.19. The molecule has 0 fully saturated rings. The summed E-state index contributed by atoms with van der Waals surface area (Å²) in [6.45, 7) is 0.0478. The molecule has 0 atom stereocenters. The van der Waals surface area contributed by atoms with Gasteiger partial charge in [0.05, 0.1) is 18.8 Å². The van der Waals surface area contributed by atoms with Gasteiger partial charge in [-0.1, -0.05) is 0 Å². The number of nitrogens with zero attached hydrogens (tertiary/aromatic N) is 1. The largest absolute Gasteiger partial charge is 0.390 e. The Bertz CT molecular complexity index is 335. The van der Waals surface area contributed by atoms with Crippen LogP contribution in [0.15, 0.2) is 6.07 Å². The summed E-state index contributed by atoms with van der Waals surface area (Å²) in [6, 6.07) is 1.48. The number of nitrogens with one attached hydrogen (secondary N) is 2. The summed E-state index contributed by atoms with van der Waals surface area (Å²) in [4.78, 5) is 11.5. The SMILES string of the molecule is COC(CNC(=O)c1cc(CO)[nH]n1)OC. The fourth-order valence-corrected chi connectivity index (χ4v) is 1.09. The summed E-state index contributed by atoms with van der Waals surface area (Å²) in [7, 11) is 2.97. The zero-order valence-electron chi connectivity index (χ0n) is 9.19. The molecule has 0 radical (unpaired) electrons. The highest BCUT2D eigenvalue weighted by Gasteiger charge is 2.12. The number of amides is 1. The Balaban J connectivity index is 2.46. The van der Waals surface area contributed by atoms with E-state index in [1.165, 1.54) is 20.3 Å². The Morgan fingerprint density at radius 3 is 2.81 bits per heavy atom. The summed E-state index contributed by atoms with van der Waals surface area (Å²) in [6.07, 6.45) is -0.486. The fourth-order valence-electron chi connectivity index (χ4n) is 1.09. The van der Waals surface area contributed by atoms with Crippen molar-refractivity contribution in [2.45, 2.75) is 12.9 Å². The highest BCUT2D eigenvalue weighted by molar-refractivity contribution is 5.92. The van der Waals surface area contributed by atoms with E-state index in [2.05, 4.69) is 15.5 Å². The van der Waals surface area contributed by atoms with Crippen LogP contribution in [0.2, 0.25) is 0 Å². The van der Waals surface area contributed by atoms with E-state index < -0.39 is 6.29 Å². The summed E-state index contributed by atoms with van der Waals surface area (Å²) < 4.78 is 9.81. The van der Waals surface area contributed by atoms with E-state index in [0.29, 0.717) is 5.69 Å². The third-order valence-corrected chi connectivity index (χ3v) is 1.99. The molecule has 3 N–H and O–H groups in total. The van der Waals surface area contributed by atoms with Gasteiger partial charge >= 0.3 is 0 Å². The summed E-state index contributed by atoms with van der Waals surface area (Å²) >= 11 is 0. The van der Waals surface area contributed by atoms with E-state index in [1.807, 2.05) is 0 Å². The van der Waals surface area contributed by atoms with E-state index in [4.69, 9.17) is 14.6 Å². The number of carbonyl (C=O) groups is 1. The van der Waals surface area contributed by atoms with Crippen molar-refractivity contribution in [1.82, 2.24) is 15.5 Å². The minimum Gasteiger partial charge on any atom is -0.390 e. The smallest absolute Gasteiger partial charge is 0.271 e. The molecule has 0 aliphatic rings. The van der Waals surface area contributed by atoms with E-state index in [0.717, 1.165) is 0 Å². The first-order valence-corrected chi connectivity index (χ1v) is 4.70. The third-order valence-electron chi connectivity index (χ3n) is 1.99. The first-order chi connectivity index (χ1) is 7.71. The second kappa shape index (κ2) is 6.21. The molecule has 1 aromatic rings. The Morgan fingerprint density at radius 1 is 1.62 bits per heavy atom. The molecule has 0 aromatic carbocycles. The van der Waals surface area contributed by atoms with Gasteiger partial charge in [0.2, 0.25) is 0 Å². The molecule has 0 spiro atoms. The highest BCUT2D eigenvalue weighted by atomic mass is 16.7. The van der Waals surface area contributed by atoms with Crippen LogP contribution in [-0.4, -0.2) is 48.3 Å². The number of hydrogen-bond acceptors (Lipinski definition) is 5. The molecule has 7 heteroatoms. The molecule has 1 aromatic heterocycles. The van der Waals surface area contributed by atoms with Gasteiger partial charge in [-0.15, -0.1) is 0 Å². The number of ether oxygens (including phenoxy) is 2. The quantitative estimate of drug-likeness (QED) is 0.558. The Hall–Kier alpha value is -1.44. The van der Waals surface area contributed by atoms with Crippen molar-refractivity contribution < 1.29 is 19.4 Å². The van der Waals surface area contributed by atoms with Crippen LogP contribution in [0.5, 0.6) is 0 Å². The number of aromatic nitrogens is 2. The zero-order chi connectivity index (χ0) is 12.0. The molecule has 0 saturated heterocycles. The van der Waals surface area contributed by atoms with Gasteiger partial charge in [0.1, 0.15) is 5.69 Å². The van der Waals surface area contributed by atoms with E-state index in [-0.39, 0.29) is 24.8 Å². The number of H-pyrrole nitrogens is 1. The van der Waals surface area contributed by atoms with E-state index in [1.54, 1.807) is 0 Å². The molecule has 90 valence electrons. The van der Waals surface area contributed by atoms with Crippen LogP contribution in [0, 0.1) is 0 Å². The molecule has 0 aliphatic carbocycles. The molecule has 1 rings (SSSR count). The maximum absolute atomic E-state index is 11.5. The molecule has 0 saturated carbocycles. The fraction of sp³-hybridized carbons (Fsp3) is 0.556. The summed E-state index contributed by atoms with van der Waals surface area (Å²) in [5.74, 6) is -0.352. The molecular formula is C9H15N3O4. The van der Waals surface area contributed by atoms with Crippen LogP contribution >= 0.6 is 0 Å². The molecule has 7 nitrogen and oxygen atoms in total. The number of carbonyl (C=O) groups excluding carboxylic acids is 1. The second-order valence-corrected chi connectivity index (χ2v) is 3.05. The molecular weight excluding hydrogens is 214 g/mol. The first kappa shape index (κ1) is 12.6. The van der Waals surface area contributed by atoms with Crippen molar-refractivity contribution in [3.8, 4) is 0 Å². The molecule has 0 aliphatic heterocycles. The van der Waals surface area contributed by atoms with Crippen molar-refractivity contribution in [2.75, 3.05) is 20.8 Å². The maximum Gasteiger partial charge on any atom is 0.271 e. The minimum atomic E-state index is -0.486. The van der Waals surface area contributed by atoms with Crippen LogP contribution in [0.25, 0.3) is 0 Å². The van der Waals surface area contributed by atoms with Gasteiger partial charge in [-0.2, -0.15) is 5.10 Å². The second-order valence-electron chi connectivity index (χ2n) is 3.05. The molecule has 0 unspecified atom stereocenters. The number of aromatic amines is 1. The van der Waals surface area contributed by atoms with Crippen LogP contribution in [0.1, 0.15) is 16.2 Å². The number of hydrogen-bond donors (Lipinski definition) is 3. The predicted octanol–water partition coefficient (Wildman–Crippen LogP) is -0.749. The van der Waals surface area contributed by atoms with Gasteiger partial charge in [0, 0.05) is 14.2 Å². The monoisotopic (exact) mass is 229 g/mol. The number of rotatable bonds is 6. The van der Waals surface area contributed by atoms with Gasteiger partial charge in [-0.05, 0) is 6.07 Å². The van der Waals surface area contributed by atoms with Crippen molar-refractivity contribution in [2.24, 2.45) is 0 Å². The normalized spacial score (nSPS) is 10.8. The van der Waals surface area contributed by atoms with Crippen LogP contribution in [-0.2, 0) is 16.1 Å². The van der Waals surface area contributed by atoms with Gasteiger partial charge in [-0.3, -0.25) is 9.89 Å². The van der Waals surface area contributed by atoms with Crippen molar-refractivity contribution in [3.63, 3.8) is 0 Å². The number of aliphatic hydroxyl groups is 1. The highest BCUT2D eigenvalue weighted by Crippen LogP contribution is 1.99. The molecule has 0 bridgehead atoms. The number of methoxy groups -OCH3 is 2. The summed E-state index contributed by atoms with van der Waals surface area (Å²) in [5, 5.41) is 17.6. The van der Waals surface area contributed by atoms with Gasteiger partial charge in [0.15, 0.2) is 6.29 Å². The third kappa shape index (κ3) is 3.30. The lowest BCUT2D eigenvalue weighted by Gasteiger charge is -2.13. The lowest BCUT2D eigenvalue weighted by atomic mass is 10.3. The van der Waals surface area contributed by atoms with Crippen LogP contribution in [0.3, 0.4) is 0 Å². The molecule has 1 amide bonds. The summed E-state index contributed by atoms with van der Waals surface area (Å²) in [5.41, 5.74) is 0.704. The Morgan fingerprint density at radius 2 is 2.31 bits per heavy atom. The minimum absolute atomic E-state index is 0.182. The van der Waals surface area contributed by atoms with Gasteiger partial charge < -0.3 is 19.9 Å². The first-order valence-electron chi connectivity index (χ1n) is 4.70. The number of aliphatic hydroxyl groups excluding tert-OH is 1. The van der Waals surface area contributed by atoms with E-state index >= 15 is 0 Å². The lowest BCUT2D eigenvalue weighted by Crippen LogP contribution is -2.34. The standard InChI is InChI=1S/C9H15N3O4/c1-15-8(16-2)4-10-9(14)7-3-6(5-13)11-12-7/h3,8,13H,4-5H2,1-2H3,(H,10,14)(H,11,12). The van der Waals surface area contributed by atoms with E-state index in [9.17, 15) is 4.79 Å². The van der Waals surface area contributed by atoms with Gasteiger partial charge in [0.25, 0.3) is 5.91 Å². The predicted molar refractivity (Wildman–Crippen MR) is 54.6 cm³/mol. The average molecular weight is 229 g/mol. The molecule has 1 heterocycles. The molecule has 16 heavy (non-hydrogen) atoms. The van der Waals surface area contributed by atoms with Crippen molar-refractivity contribution >= 4 is 5.91 Å². The van der Waals surface area contributed by atoms with Crippen molar-refractivity contribution in [3.05, 3.63) is 17.5 Å². The average Bonchev–Trinajstić information content (AvgIpc) is 2.78. The topological polar surface area (TPSA) is 96.5 Å². The maximum atomic E-state index is 11.5. The van der Waals surface area contributed by atoms with Crippen LogP contribution < -0.4 is 5.32 Å². The Labute approximate surface area is 92.8 Å².